The minimum absolute atomic E-state index is 0.214. The molecular formula is C26H19F5. The summed E-state index contributed by atoms with van der Waals surface area (Å²) in [5, 5.41) is 0.886. The summed E-state index contributed by atoms with van der Waals surface area (Å²) in [7, 11) is 0. The lowest BCUT2D eigenvalue weighted by Crippen LogP contribution is -2.15. The van der Waals surface area contributed by atoms with Crippen molar-refractivity contribution in [2.24, 2.45) is 5.92 Å². The van der Waals surface area contributed by atoms with Gasteiger partial charge >= 0.3 is 0 Å². The zero-order valence-electron chi connectivity index (χ0n) is 16.6. The third-order valence-corrected chi connectivity index (χ3v) is 5.93. The van der Waals surface area contributed by atoms with E-state index in [0.717, 1.165) is 31.0 Å². The lowest BCUT2D eigenvalue weighted by molar-refractivity contribution is 0.354. The average molecular weight is 426 g/mol. The van der Waals surface area contributed by atoms with E-state index in [1.165, 1.54) is 6.07 Å². The van der Waals surface area contributed by atoms with E-state index in [2.05, 4.69) is 18.4 Å². The Labute approximate surface area is 177 Å². The van der Waals surface area contributed by atoms with Crippen LogP contribution in [0.25, 0.3) is 10.8 Å². The first-order valence-electron chi connectivity index (χ1n) is 10.1. The van der Waals surface area contributed by atoms with Gasteiger partial charge in [0.2, 0.25) is 0 Å². The fourth-order valence-corrected chi connectivity index (χ4v) is 4.18. The number of allylic oxidation sites excluding steroid dienone is 1. The Bertz CT molecular complexity index is 1220. The van der Waals surface area contributed by atoms with Crippen molar-refractivity contribution in [2.45, 2.75) is 31.6 Å². The third kappa shape index (κ3) is 4.20. The number of rotatable bonds is 2. The van der Waals surface area contributed by atoms with Crippen LogP contribution >= 0.6 is 0 Å². The lowest BCUT2D eigenvalue weighted by atomic mass is 9.78. The summed E-state index contributed by atoms with van der Waals surface area (Å²) in [6.45, 7) is 3.75. The largest absolute Gasteiger partial charge is 0.207 e. The number of hydrogen-bond acceptors (Lipinski definition) is 0. The predicted molar refractivity (Wildman–Crippen MR) is 111 cm³/mol. The molecule has 3 aromatic carbocycles. The van der Waals surface area contributed by atoms with Crippen LogP contribution in [-0.2, 0) is 0 Å². The Kier molecular flexibility index (Phi) is 5.82. The van der Waals surface area contributed by atoms with E-state index >= 15 is 0 Å². The van der Waals surface area contributed by atoms with E-state index in [9.17, 15) is 22.0 Å². The summed E-state index contributed by atoms with van der Waals surface area (Å²) in [5.74, 6) is -0.0716. The fourth-order valence-electron chi connectivity index (χ4n) is 4.18. The fraction of sp³-hybridized carbons (Fsp3) is 0.231. The number of halogens is 5. The van der Waals surface area contributed by atoms with E-state index in [1.807, 2.05) is 6.08 Å². The van der Waals surface area contributed by atoms with Gasteiger partial charge in [0.05, 0.1) is 5.56 Å². The minimum Gasteiger partial charge on any atom is -0.207 e. The molecule has 0 amide bonds. The normalized spacial score (nSPS) is 18.5. The average Bonchev–Trinajstić information content (AvgIpc) is 2.76. The van der Waals surface area contributed by atoms with Crippen LogP contribution in [0.15, 0.2) is 49.1 Å². The maximum absolute atomic E-state index is 14.7. The molecule has 0 saturated heterocycles. The van der Waals surface area contributed by atoms with Crippen molar-refractivity contribution in [1.29, 1.82) is 0 Å². The van der Waals surface area contributed by atoms with Gasteiger partial charge in [-0.3, -0.25) is 0 Å². The van der Waals surface area contributed by atoms with Gasteiger partial charge in [0.15, 0.2) is 23.3 Å². The highest BCUT2D eigenvalue weighted by Gasteiger charge is 2.28. The van der Waals surface area contributed by atoms with Crippen molar-refractivity contribution in [3.63, 3.8) is 0 Å². The third-order valence-electron chi connectivity index (χ3n) is 5.93. The van der Waals surface area contributed by atoms with Gasteiger partial charge in [0, 0.05) is 11.1 Å². The van der Waals surface area contributed by atoms with Crippen molar-refractivity contribution >= 4 is 10.8 Å². The van der Waals surface area contributed by atoms with Gasteiger partial charge in [0.25, 0.3) is 0 Å². The van der Waals surface area contributed by atoms with Crippen LogP contribution in [0.4, 0.5) is 22.0 Å². The van der Waals surface area contributed by atoms with Crippen molar-refractivity contribution in [3.05, 3.63) is 94.8 Å². The van der Waals surface area contributed by atoms with E-state index in [-0.39, 0.29) is 17.0 Å². The van der Waals surface area contributed by atoms with Crippen LogP contribution in [0.1, 0.15) is 48.3 Å². The molecule has 0 bridgehead atoms. The molecule has 1 fully saturated rings. The van der Waals surface area contributed by atoms with Crippen molar-refractivity contribution < 1.29 is 22.0 Å². The smallest absolute Gasteiger partial charge is 0.174 e. The van der Waals surface area contributed by atoms with Crippen molar-refractivity contribution in [1.82, 2.24) is 0 Å². The molecule has 0 atom stereocenters. The summed E-state index contributed by atoms with van der Waals surface area (Å²) in [5.41, 5.74) is -0.219. The second-order valence-electron chi connectivity index (χ2n) is 7.87. The van der Waals surface area contributed by atoms with Crippen LogP contribution in [-0.4, -0.2) is 0 Å². The summed E-state index contributed by atoms with van der Waals surface area (Å²) in [6.07, 6.45) is 4.53. The standard InChI is InChI=1S/C26H19F5/c1-2-15-3-7-17(8-4-15)24-23(29)13-19(25(30)26(24)31)10-6-16-5-9-18-12-21(27)22(28)14-20(18)11-16/h2,5,9,11-15,17H,1,3-4,7-8H2. The first-order valence-corrected chi connectivity index (χ1v) is 10.1. The van der Waals surface area contributed by atoms with Crippen LogP contribution < -0.4 is 0 Å². The molecule has 4 rings (SSSR count). The molecule has 0 spiro atoms. The second kappa shape index (κ2) is 8.55. The molecule has 5 heteroatoms. The molecular weight excluding hydrogens is 407 g/mol. The maximum Gasteiger partial charge on any atom is 0.174 e. The maximum atomic E-state index is 14.7. The first kappa shape index (κ1) is 21.1. The highest BCUT2D eigenvalue weighted by Crippen LogP contribution is 2.39. The number of hydrogen-bond donors (Lipinski definition) is 0. The van der Waals surface area contributed by atoms with Gasteiger partial charge in [-0.1, -0.05) is 24.0 Å². The molecule has 0 unspecified atom stereocenters. The molecule has 3 aromatic rings. The van der Waals surface area contributed by atoms with Crippen molar-refractivity contribution in [3.8, 4) is 11.8 Å². The lowest BCUT2D eigenvalue weighted by Gasteiger charge is -2.27. The van der Waals surface area contributed by atoms with E-state index < -0.39 is 29.1 Å². The summed E-state index contributed by atoms with van der Waals surface area (Å²) >= 11 is 0. The van der Waals surface area contributed by atoms with E-state index in [0.29, 0.717) is 35.1 Å². The quantitative estimate of drug-likeness (QED) is 0.173. The topological polar surface area (TPSA) is 0 Å². The molecule has 0 radical (unpaired) electrons. The molecule has 0 N–H and O–H groups in total. The number of benzene rings is 3. The molecule has 158 valence electrons. The van der Waals surface area contributed by atoms with Gasteiger partial charge in [-0.15, -0.1) is 6.58 Å². The number of fused-ring (bicyclic) bond motifs is 1. The first-order chi connectivity index (χ1) is 14.9. The highest BCUT2D eigenvalue weighted by atomic mass is 19.2. The Balaban J connectivity index is 1.65. The zero-order valence-corrected chi connectivity index (χ0v) is 16.6. The van der Waals surface area contributed by atoms with Gasteiger partial charge in [0.1, 0.15) is 5.82 Å². The summed E-state index contributed by atoms with van der Waals surface area (Å²) in [6, 6.07) is 7.61. The molecule has 0 aromatic heterocycles. The molecule has 0 aliphatic heterocycles. The molecule has 1 aliphatic carbocycles. The predicted octanol–water partition coefficient (Wildman–Crippen LogP) is 7.39. The Morgan fingerprint density at radius 3 is 2.10 bits per heavy atom. The molecule has 1 aliphatic rings. The zero-order chi connectivity index (χ0) is 22.1. The molecule has 31 heavy (non-hydrogen) atoms. The Morgan fingerprint density at radius 2 is 1.42 bits per heavy atom. The Morgan fingerprint density at radius 1 is 0.742 bits per heavy atom. The van der Waals surface area contributed by atoms with Gasteiger partial charge in [-0.25, -0.2) is 22.0 Å². The van der Waals surface area contributed by atoms with E-state index in [4.69, 9.17) is 0 Å². The van der Waals surface area contributed by atoms with Crippen LogP contribution in [0.2, 0.25) is 0 Å². The summed E-state index contributed by atoms with van der Waals surface area (Å²) in [4.78, 5) is 0. The highest BCUT2D eigenvalue weighted by molar-refractivity contribution is 5.84. The van der Waals surface area contributed by atoms with Gasteiger partial charge in [-0.2, -0.15) is 0 Å². The molecule has 0 heterocycles. The SMILES string of the molecule is C=CC1CCC(c2c(F)cc(C#Cc3ccc4cc(F)c(F)cc4c3)c(F)c2F)CC1. The van der Waals surface area contributed by atoms with Gasteiger partial charge in [-0.05, 0) is 78.6 Å². The van der Waals surface area contributed by atoms with Crippen LogP contribution in [0, 0.1) is 46.8 Å². The second-order valence-corrected chi connectivity index (χ2v) is 7.87. The Hall–Kier alpha value is -3.13. The minimum atomic E-state index is -1.19. The molecule has 0 nitrogen and oxygen atoms in total. The van der Waals surface area contributed by atoms with Gasteiger partial charge < -0.3 is 0 Å². The van der Waals surface area contributed by atoms with Crippen molar-refractivity contribution in [2.75, 3.05) is 0 Å². The monoisotopic (exact) mass is 426 g/mol. The van der Waals surface area contributed by atoms with Crippen LogP contribution in [0.3, 0.4) is 0 Å². The molecule has 1 saturated carbocycles. The summed E-state index contributed by atoms with van der Waals surface area (Å²) < 4.78 is 70.8. The van der Waals surface area contributed by atoms with Crippen LogP contribution in [0.5, 0.6) is 0 Å². The van der Waals surface area contributed by atoms with E-state index in [1.54, 1.807) is 12.1 Å².